The topological polar surface area (TPSA) is 114 Å². The van der Waals surface area contributed by atoms with Crippen molar-refractivity contribution in [2.24, 2.45) is 0 Å². The quantitative estimate of drug-likeness (QED) is 0.0212. The van der Waals surface area contributed by atoms with Crippen LogP contribution in [0, 0.1) is 0 Å². The van der Waals surface area contributed by atoms with Crippen LogP contribution in [0.3, 0.4) is 0 Å². The van der Waals surface area contributed by atoms with E-state index < -0.39 is 26.6 Å². The van der Waals surface area contributed by atoms with Crippen LogP contribution < -0.4 is 10.2 Å². The molecule has 0 spiro atoms. The molecular weight excluding hydrogens is 1010 g/mol. The molecule has 0 aliphatic heterocycles. The standard InChI is InChI=1S/C70H125N2O7P/c1-7-10-13-16-19-22-25-27-29-31-32-33-34-35-36-37-38-39-40-41-43-45-48-51-54-57-60-63-70(74)79-68(61-58-55-52-49-46-24-21-18-15-12-9-3)67(66-78-80(75,76)77-65-64-72(4,5)6)71-69(73)62-59-56-53-50-47-44-42-30-28-26-23-20-17-14-11-8-2/h11,14,19-20,22-23,27-30,32-33,35-36,58,61,67-68H,7-10,12-13,15-18,21,24-26,31,34,37-57,59-60,62-66H2,1-6H3,(H-,71,73,75,76)/b14-11+,22-19-,23-20+,29-27-,30-28+,33-32-,36-35-,61-58-. The number of carbonyl (C=O) groups excluding carboxylic acids is 2. The first kappa shape index (κ1) is 76.9. The lowest BCUT2D eigenvalue weighted by Gasteiger charge is -2.30. The van der Waals surface area contributed by atoms with Gasteiger partial charge in [-0.1, -0.05) is 260 Å². The monoisotopic (exact) mass is 1140 g/mol. The number of esters is 1. The van der Waals surface area contributed by atoms with Gasteiger partial charge in [-0.3, -0.25) is 14.2 Å². The minimum Gasteiger partial charge on any atom is -0.756 e. The summed E-state index contributed by atoms with van der Waals surface area (Å²) in [6.07, 6.45) is 79.5. The second-order valence-corrected chi connectivity index (χ2v) is 24.6. The first-order chi connectivity index (χ1) is 38.9. The van der Waals surface area contributed by atoms with Crippen LogP contribution in [0.15, 0.2) is 97.2 Å². The van der Waals surface area contributed by atoms with Gasteiger partial charge in [0.25, 0.3) is 7.82 Å². The highest BCUT2D eigenvalue weighted by Gasteiger charge is 2.27. The number of phosphoric ester groups is 1. The van der Waals surface area contributed by atoms with E-state index >= 15 is 0 Å². The maximum absolute atomic E-state index is 13.5. The van der Waals surface area contributed by atoms with Crippen LogP contribution in [0.1, 0.15) is 284 Å². The smallest absolute Gasteiger partial charge is 0.306 e. The number of phosphoric acid groups is 1. The van der Waals surface area contributed by atoms with Crippen LogP contribution in [0.5, 0.6) is 0 Å². The molecule has 0 saturated heterocycles. The number of nitrogens with one attached hydrogen (secondary N) is 1. The number of carbonyl (C=O) groups is 2. The molecule has 0 aliphatic carbocycles. The van der Waals surface area contributed by atoms with Gasteiger partial charge in [0.15, 0.2) is 0 Å². The number of unbranched alkanes of at least 4 members (excludes halogenated alkanes) is 29. The molecule has 80 heavy (non-hydrogen) atoms. The van der Waals surface area contributed by atoms with Crippen LogP contribution in [-0.2, 0) is 27.9 Å². The summed E-state index contributed by atoms with van der Waals surface area (Å²) < 4.78 is 30.3. The highest BCUT2D eigenvalue weighted by Crippen LogP contribution is 2.38. The van der Waals surface area contributed by atoms with Gasteiger partial charge in [-0.2, -0.15) is 0 Å². The van der Waals surface area contributed by atoms with Crippen molar-refractivity contribution in [1.29, 1.82) is 0 Å². The molecule has 3 atom stereocenters. The second-order valence-electron chi connectivity index (χ2n) is 23.2. The molecule has 0 rings (SSSR count). The Morgan fingerprint density at radius 1 is 0.450 bits per heavy atom. The van der Waals surface area contributed by atoms with Gasteiger partial charge in [-0.05, 0) is 109 Å². The van der Waals surface area contributed by atoms with Gasteiger partial charge in [-0.15, -0.1) is 0 Å². The van der Waals surface area contributed by atoms with E-state index in [1.54, 1.807) is 0 Å². The number of amides is 1. The number of hydrogen-bond acceptors (Lipinski definition) is 7. The van der Waals surface area contributed by atoms with Crippen molar-refractivity contribution in [3.05, 3.63) is 97.2 Å². The van der Waals surface area contributed by atoms with E-state index in [9.17, 15) is 19.0 Å². The lowest BCUT2D eigenvalue weighted by molar-refractivity contribution is -0.870. The second kappa shape index (κ2) is 59.1. The SMILES string of the molecule is CC/C=C/C/C=C/C/C=C/CCCCCCCCC(=O)NC(COP(=O)([O-])OCC[N+](C)(C)C)C(/C=C\CCCCCCCCCCC)OC(=O)CCCCCCCCCCCCC/C=C\C/C=C\C/C=C\C/C=C\CCCCC. The van der Waals surface area contributed by atoms with Crippen molar-refractivity contribution >= 4 is 19.7 Å². The largest absolute Gasteiger partial charge is 0.756 e. The zero-order valence-corrected chi connectivity index (χ0v) is 53.7. The summed E-state index contributed by atoms with van der Waals surface area (Å²) >= 11 is 0. The summed E-state index contributed by atoms with van der Waals surface area (Å²) in [5.41, 5.74) is 0. The Kier molecular flexibility index (Phi) is 56.8. The number of hydrogen-bond donors (Lipinski definition) is 1. The Morgan fingerprint density at radius 3 is 1.23 bits per heavy atom. The van der Waals surface area contributed by atoms with Crippen molar-refractivity contribution < 1.29 is 37.3 Å². The van der Waals surface area contributed by atoms with Crippen molar-refractivity contribution in [2.45, 2.75) is 296 Å². The highest BCUT2D eigenvalue weighted by atomic mass is 31.2. The summed E-state index contributed by atoms with van der Waals surface area (Å²) in [7, 11) is 1.17. The van der Waals surface area contributed by atoms with E-state index in [1.807, 2.05) is 33.3 Å². The maximum Gasteiger partial charge on any atom is 0.306 e. The average Bonchev–Trinajstić information content (AvgIpc) is 3.43. The van der Waals surface area contributed by atoms with Gasteiger partial charge in [0, 0.05) is 12.8 Å². The van der Waals surface area contributed by atoms with Crippen LogP contribution >= 0.6 is 7.82 Å². The third kappa shape index (κ3) is 59.5. The molecule has 1 amide bonds. The average molecular weight is 1140 g/mol. The predicted molar refractivity (Wildman–Crippen MR) is 344 cm³/mol. The van der Waals surface area contributed by atoms with E-state index in [0.29, 0.717) is 17.4 Å². The Bertz CT molecular complexity index is 1690. The van der Waals surface area contributed by atoms with E-state index in [1.165, 1.54) is 122 Å². The molecule has 0 fully saturated rings. The minimum atomic E-state index is -4.71. The molecule has 0 aromatic heterocycles. The van der Waals surface area contributed by atoms with E-state index in [4.69, 9.17) is 13.8 Å². The van der Waals surface area contributed by atoms with Crippen molar-refractivity contribution in [3.63, 3.8) is 0 Å². The van der Waals surface area contributed by atoms with Crippen LogP contribution in [0.25, 0.3) is 0 Å². The molecule has 0 aromatic carbocycles. The van der Waals surface area contributed by atoms with Gasteiger partial charge in [-0.25, -0.2) is 0 Å². The third-order valence-electron chi connectivity index (χ3n) is 14.2. The van der Waals surface area contributed by atoms with Crippen molar-refractivity contribution in [1.82, 2.24) is 5.32 Å². The highest BCUT2D eigenvalue weighted by molar-refractivity contribution is 7.45. The number of rotatable bonds is 59. The summed E-state index contributed by atoms with van der Waals surface area (Å²) in [6.45, 7) is 6.69. The fourth-order valence-corrected chi connectivity index (χ4v) is 9.89. The van der Waals surface area contributed by atoms with Crippen molar-refractivity contribution in [2.75, 3.05) is 40.9 Å². The molecule has 0 aromatic rings. The normalized spacial score (nSPS) is 14.2. The van der Waals surface area contributed by atoms with Gasteiger partial charge >= 0.3 is 5.97 Å². The number of allylic oxidation sites excluding steroid dienone is 15. The Hall–Kier alpha value is -3.07. The molecule has 9 nitrogen and oxygen atoms in total. The Balaban J connectivity index is 5.07. The van der Waals surface area contributed by atoms with Gasteiger partial charge in [0.2, 0.25) is 5.91 Å². The third-order valence-corrected chi connectivity index (χ3v) is 15.2. The maximum atomic E-state index is 13.5. The molecule has 0 saturated carbocycles. The number of ether oxygens (including phenoxy) is 1. The summed E-state index contributed by atoms with van der Waals surface area (Å²) in [4.78, 5) is 40.0. The molecule has 0 heterocycles. The van der Waals surface area contributed by atoms with Crippen LogP contribution in [-0.4, -0.2) is 69.4 Å². The molecule has 462 valence electrons. The van der Waals surface area contributed by atoms with E-state index in [0.717, 1.165) is 128 Å². The fraction of sp³-hybridized carbons (Fsp3) is 0.743. The zero-order chi connectivity index (χ0) is 58.6. The summed E-state index contributed by atoms with van der Waals surface area (Å²) in [5.74, 6) is -0.561. The minimum absolute atomic E-state index is 0.0294. The van der Waals surface area contributed by atoms with Gasteiger partial charge < -0.3 is 28.5 Å². The molecule has 0 radical (unpaired) electrons. The van der Waals surface area contributed by atoms with Crippen LogP contribution in [0.2, 0.25) is 0 Å². The first-order valence-electron chi connectivity index (χ1n) is 33.0. The molecule has 3 unspecified atom stereocenters. The Labute approximate surface area is 494 Å². The molecule has 10 heteroatoms. The van der Waals surface area contributed by atoms with E-state index in [2.05, 4.69) is 111 Å². The van der Waals surface area contributed by atoms with Gasteiger partial charge in [0.05, 0.1) is 33.8 Å². The Morgan fingerprint density at radius 2 is 0.800 bits per heavy atom. The predicted octanol–water partition coefficient (Wildman–Crippen LogP) is 20.1. The number of nitrogens with zero attached hydrogens (tertiary/aromatic N) is 1. The molecule has 0 bridgehead atoms. The van der Waals surface area contributed by atoms with Crippen LogP contribution in [0.4, 0.5) is 0 Å². The fourth-order valence-electron chi connectivity index (χ4n) is 9.17. The van der Waals surface area contributed by atoms with E-state index in [-0.39, 0.29) is 24.9 Å². The number of quaternary nitrogens is 1. The zero-order valence-electron chi connectivity index (χ0n) is 52.8. The molecule has 1 N–H and O–H groups in total. The van der Waals surface area contributed by atoms with Gasteiger partial charge in [0.1, 0.15) is 19.3 Å². The summed E-state index contributed by atoms with van der Waals surface area (Å²) in [5, 5.41) is 3.02. The molecule has 0 aliphatic rings. The molecular formula is C70H125N2O7P. The van der Waals surface area contributed by atoms with Crippen molar-refractivity contribution in [3.8, 4) is 0 Å². The first-order valence-corrected chi connectivity index (χ1v) is 34.5. The number of likely N-dealkylation sites (N-methyl/N-ethyl adjacent to an activating group) is 1. The lowest BCUT2D eigenvalue weighted by atomic mass is 10.0. The summed E-state index contributed by atoms with van der Waals surface area (Å²) in [6, 6.07) is -0.901. The lowest BCUT2D eigenvalue weighted by Crippen LogP contribution is -2.47.